The number of rotatable bonds is 2. The molecule has 2 unspecified atom stereocenters. The zero-order valence-corrected chi connectivity index (χ0v) is 14.2. The summed E-state index contributed by atoms with van der Waals surface area (Å²) in [5, 5.41) is 3.04. The Hall–Kier alpha value is -1.33. The second-order valence-corrected chi connectivity index (χ2v) is 8.46. The Morgan fingerprint density at radius 3 is 2.12 bits per heavy atom. The van der Waals surface area contributed by atoms with Gasteiger partial charge in [-0.25, -0.2) is 8.42 Å². The third kappa shape index (κ3) is 3.70. The van der Waals surface area contributed by atoms with Gasteiger partial charge in [0.05, 0.1) is 16.0 Å². The lowest BCUT2D eigenvalue weighted by molar-refractivity contribution is -0.143. The first-order valence-electron chi connectivity index (χ1n) is 7.91. The number of fused-ring (bicyclic) bond motifs is 2. The molecule has 2 aliphatic heterocycles. The molecule has 0 aliphatic carbocycles. The van der Waals surface area contributed by atoms with Crippen molar-refractivity contribution in [3.63, 3.8) is 0 Å². The molecule has 11 heteroatoms. The zero-order valence-electron chi connectivity index (χ0n) is 13.4. The number of nitrogens with zero attached hydrogens (tertiary/aromatic N) is 1. The van der Waals surface area contributed by atoms with E-state index in [-0.39, 0.29) is 30.7 Å². The molecule has 2 saturated heterocycles. The largest absolute Gasteiger partial charge is 0.416 e. The highest BCUT2D eigenvalue weighted by Crippen LogP contribution is 2.39. The molecule has 1 N–H and O–H groups in total. The van der Waals surface area contributed by atoms with Crippen LogP contribution in [0, 0.1) is 5.92 Å². The van der Waals surface area contributed by atoms with Crippen LogP contribution in [0.5, 0.6) is 0 Å². The Balaban J connectivity index is 2.07. The van der Waals surface area contributed by atoms with Gasteiger partial charge in [0.25, 0.3) is 0 Å². The molecule has 0 radical (unpaired) electrons. The molecule has 2 aliphatic rings. The molecule has 0 aromatic heterocycles. The van der Waals surface area contributed by atoms with Gasteiger partial charge in [-0.1, -0.05) is 0 Å². The summed E-state index contributed by atoms with van der Waals surface area (Å²) in [5.41, 5.74) is -3.27. The molecular weight excluding hydrogens is 386 g/mol. The maximum absolute atomic E-state index is 13.0. The van der Waals surface area contributed by atoms with Gasteiger partial charge in [-0.3, -0.25) is 0 Å². The second-order valence-electron chi connectivity index (χ2n) is 6.56. The van der Waals surface area contributed by atoms with Crippen LogP contribution in [0.15, 0.2) is 23.1 Å². The number of nitrogens with one attached hydrogen (secondary N) is 1. The van der Waals surface area contributed by atoms with E-state index in [2.05, 4.69) is 5.32 Å². The van der Waals surface area contributed by atoms with E-state index < -0.39 is 44.4 Å². The first-order chi connectivity index (χ1) is 11.9. The van der Waals surface area contributed by atoms with Crippen LogP contribution in [0.4, 0.5) is 26.3 Å². The van der Waals surface area contributed by atoms with Gasteiger partial charge in [0, 0.05) is 19.1 Å². The molecule has 4 nitrogen and oxygen atoms in total. The molecule has 0 spiro atoms. The second kappa shape index (κ2) is 6.38. The van der Waals surface area contributed by atoms with Crippen LogP contribution in [-0.2, 0) is 22.4 Å². The fourth-order valence-corrected chi connectivity index (χ4v) is 5.24. The van der Waals surface area contributed by atoms with Crippen molar-refractivity contribution in [2.45, 2.75) is 36.1 Å². The van der Waals surface area contributed by atoms with Crippen LogP contribution in [0.2, 0.25) is 0 Å². The Bertz CT molecular complexity index is 758. The third-order valence-electron chi connectivity index (χ3n) is 4.73. The average Bonchev–Trinajstić information content (AvgIpc) is 2.77. The van der Waals surface area contributed by atoms with Crippen LogP contribution in [0.25, 0.3) is 0 Å². The third-order valence-corrected chi connectivity index (χ3v) is 6.62. The van der Waals surface area contributed by atoms with Gasteiger partial charge in [-0.15, -0.1) is 0 Å². The summed E-state index contributed by atoms with van der Waals surface area (Å²) in [4.78, 5) is -0.981. The van der Waals surface area contributed by atoms with E-state index >= 15 is 0 Å². The number of hydrogen-bond acceptors (Lipinski definition) is 3. The zero-order chi connectivity index (χ0) is 19.3. The summed E-state index contributed by atoms with van der Waals surface area (Å²) < 4.78 is 105. The van der Waals surface area contributed by atoms with Crippen LogP contribution in [0.1, 0.15) is 24.0 Å². The van der Waals surface area contributed by atoms with Gasteiger partial charge in [-0.05, 0) is 43.5 Å². The van der Waals surface area contributed by atoms with Crippen molar-refractivity contribution in [3.8, 4) is 0 Å². The molecule has 146 valence electrons. The minimum absolute atomic E-state index is 0.0395. The number of hydrogen-bond donors (Lipinski definition) is 1. The highest BCUT2D eigenvalue weighted by Gasteiger charge is 2.43. The molecule has 1 aromatic rings. The lowest BCUT2D eigenvalue weighted by Gasteiger charge is -2.26. The van der Waals surface area contributed by atoms with Crippen LogP contribution < -0.4 is 5.32 Å². The monoisotopic (exact) mass is 402 g/mol. The summed E-state index contributed by atoms with van der Waals surface area (Å²) in [5.74, 6) is 0.0395. The summed E-state index contributed by atoms with van der Waals surface area (Å²) >= 11 is 0. The summed E-state index contributed by atoms with van der Waals surface area (Å²) in [6.45, 7) is 1.13. The molecular formula is C15H16F6N2O2S. The normalized spacial score (nSPS) is 25.3. The first kappa shape index (κ1) is 19.4. The van der Waals surface area contributed by atoms with Crippen molar-refractivity contribution in [1.82, 2.24) is 9.62 Å². The highest BCUT2D eigenvalue weighted by molar-refractivity contribution is 7.89. The van der Waals surface area contributed by atoms with Crippen molar-refractivity contribution in [3.05, 3.63) is 29.3 Å². The van der Waals surface area contributed by atoms with Crippen LogP contribution in [-0.4, -0.2) is 38.4 Å². The summed E-state index contributed by atoms with van der Waals surface area (Å²) in [7, 11) is -4.48. The Morgan fingerprint density at radius 1 is 1.00 bits per heavy atom. The lowest BCUT2D eigenvalue weighted by atomic mass is 10.0. The lowest BCUT2D eigenvalue weighted by Crippen LogP contribution is -2.42. The number of benzene rings is 1. The Labute approximate surface area is 146 Å². The first-order valence-corrected chi connectivity index (χ1v) is 9.35. The predicted molar refractivity (Wildman–Crippen MR) is 79.7 cm³/mol. The molecule has 3 rings (SSSR count). The van der Waals surface area contributed by atoms with E-state index in [1.807, 2.05) is 0 Å². The molecule has 2 bridgehead atoms. The predicted octanol–water partition coefficient (Wildman–Crippen LogP) is 3.10. The van der Waals surface area contributed by atoms with E-state index in [1.54, 1.807) is 0 Å². The van der Waals surface area contributed by atoms with Gasteiger partial charge >= 0.3 is 12.4 Å². The molecule has 2 fully saturated rings. The van der Waals surface area contributed by atoms with Gasteiger partial charge < -0.3 is 5.32 Å². The van der Waals surface area contributed by atoms with E-state index in [0.717, 1.165) is 4.31 Å². The Kier molecular flexibility index (Phi) is 4.77. The fourth-order valence-electron chi connectivity index (χ4n) is 3.45. The SMILES string of the molecule is O=S(=O)(c1cc(C(F)(F)F)cc(C(F)(F)F)c1)N1CC2CCNCC1C2. The fraction of sp³-hybridized carbons (Fsp3) is 0.600. The molecule has 26 heavy (non-hydrogen) atoms. The van der Waals surface area contributed by atoms with Crippen LogP contribution >= 0.6 is 0 Å². The maximum Gasteiger partial charge on any atom is 0.416 e. The number of sulfonamides is 1. The van der Waals surface area contributed by atoms with E-state index in [0.29, 0.717) is 25.9 Å². The average molecular weight is 402 g/mol. The van der Waals surface area contributed by atoms with Crippen molar-refractivity contribution < 1.29 is 34.8 Å². The van der Waals surface area contributed by atoms with Gasteiger partial charge in [0.1, 0.15) is 0 Å². The summed E-state index contributed by atoms with van der Waals surface area (Å²) in [6.07, 6.45) is -8.94. The van der Waals surface area contributed by atoms with Crippen molar-refractivity contribution in [2.24, 2.45) is 5.92 Å². The van der Waals surface area contributed by atoms with Crippen molar-refractivity contribution >= 4 is 10.0 Å². The molecule has 2 heterocycles. The minimum Gasteiger partial charge on any atom is -0.315 e. The van der Waals surface area contributed by atoms with Crippen molar-refractivity contribution in [1.29, 1.82) is 0 Å². The quantitative estimate of drug-likeness (QED) is 0.774. The number of alkyl halides is 6. The van der Waals surface area contributed by atoms with Crippen molar-refractivity contribution in [2.75, 3.05) is 19.6 Å². The van der Waals surface area contributed by atoms with Gasteiger partial charge in [0.2, 0.25) is 10.0 Å². The molecule has 1 aromatic carbocycles. The standard InChI is InChI=1S/C15H16F6N2O2S/c16-14(17,18)10-4-11(15(19,20)21)6-13(5-10)26(24,25)23-8-9-1-2-22-7-12(23)3-9/h4-6,9,12,22H,1-3,7-8H2. The smallest absolute Gasteiger partial charge is 0.315 e. The minimum atomic E-state index is -5.09. The van der Waals surface area contributed by atoms with E-state index in [1.165, 1.54) is 0 Å². The topological polar surface area (TPSA) is 49.4 Å². The van der Waals surface area contributed by atoms with Gasteiger partial charge in [-0.2, -0.15) is 30.6 Å². The molecule has 0 amide bonds. The van der Waals surface area contributed by atoms with Crippen LogP contribution in [0.3, 0.4) is 0 Å². The highest BCUT2D eigenvalue weighted by atomic mass is 32.2. The van der Waals surface area contributed by atoms with E-state index in [4.69, 9.17) is 0 Å². The Morgan fingerprint density at radius 2 is 1.58 bits per heavy atom. The maximum atomic E-state index is 13.0. The molecule has 2 atom stereocenters. The number of halogens is 6. The van der Waals surface area contributed by atoms with Gasteiger partial charge in [0.15, 0.2) is 0 Å². The summed E-state index contributed by atoms with van der Waals surface area (Å²) in [6, 6.07) is -0.00704. The van der Waals surface area contributed by atoms with E-state index in [9.17, 15) is 34.8 Å². The molecule has 0 saturated carbocycles.